The van der Waals surface area contributed by atoms with Gasteiger partial charge in [-0.2, -0.15) is 0 Å². The first kappa shape index (κ1) is 11.0. The monoisotopic (exact) mass is 217 g/mol. The van der Waals surface area contributed by atoms with Crippen molar-refractivity contribution in [1.29, 1.82) is 0 Å². The fourth-order valence-corrected chi connectivity index (χ4v) is 2.54. The van der Waals surface area contributed by atoms with Crippen molar-refractivity contribution < 1.29 is 12.8 Å². The van der Waals surface area contributed by atoms with Crippen molar-refractivity contribution in [1.82, 2.24) is 0 Å². The number of sulfone groups is 1. The van der Waals surface area contributed by atoms with Crippen molar-refractivity contribution in [2.75, 3.05) is 11.5 Å². The van der Waals surface area contributed by atoms with E-state index in [2.05, 4.69) is 0 Å². The molecule has 3 nitrogen and oxygen atoms in total. The van der Waals surface area contributed by atoms with E-state index >= 15 is 0 Å². The van der Waals surface area contributed by atoms with Crippen LogP contribution in [0.1, 0.15) is 13.3 Å². The molecule has 0 radical (unpaired) electrons. The molecule has 0 aliphatic heterocycles. The van der Waals surface area contributed by atoms with Gasteiger partial charge in [0.15, 0.2) is 9.84 Å². The lowest BCUT2D eigenvalue weighted by molar-refractivity contribution is 0.566. The highest BCUT2D eigenvalue weighted by molar-refractivity contribution is 7.91. The van der Waals surface area contributed by atoms with Gasteiger partial charge in [0.1, 0.15) is 10.7 Å². The van der Waals surface area contributed by atoms with Gasteiger partial charge in [-0.15, -0.1) is 0 Å². The Kier molecular flexibility index (Phi) is 3.10. The van der Waals surface area contributed by atoms with Gasteiger partial charge in [0.25, 0.3) is 0 Å². The lowest BCUT2D eigenvalue weighted by Crippen LogP contribution is -2.08. The maximum absolute atomic E-state index is 13.2. The maximum atomic E-state index is 13.2. The SMILES string of the molecule is CCCS(=O)(=O)c1ccc(N)cc1F. The third-order valence-electron chi connectivity index (χ3n) is 1.76. The summed E-state index contributed by atoms with van der Waals surface area (Å²) in [6, 6.07) is 3.60. The summed E-state index contributed by atoms with van der Waals surface area (Å²) in [7, 11) is -3.49. The average molecular weight is 217 g/mol. The molecule has 0 spiro atoms. The molecule has 14 heavy (non-hydrogen) atoms. The zero-order valence-corrected chi connectivity index (χ0v) is 8.64. The van der Waals surface area contributed by atoms with Crippen molar-refractivity contribution >= 4 is 15.5 Å². The standard InChI is InChI=1S/C9H12FNO2S/c1-2-5-14(12,13)9-4-3-7(11)6-8(9)10/h3-4,6H,2,5,11H2,1H3. The van der Waals surface area contributed by atoms with Gasteiger partial charge in [-0.1, -0.05) is 6.92 Å². The first-order valence-corrected chi connectivity index (χ1v) is 5.90. The van der Waals surface area contributed by atoms with E-state index in [1.54, 1.807) is 6.92 Å². The molecule has 0 heterocycles. The molecule has 0 aromatic heterocycles. The lowest BCUT2D eigenvalue weighted by atomic mass is 10.3. The van der Waals surface area contributed by atoms with Gasteiger partial charge in [0, 0.05) is 5.69 Å². The smallest absolute Gasteiger partial charge is 0.181 e. The number of nitrogens with two attached hydrogens (primary N) is 1. The van der Waals surface area contributed by atoms with Crippen LogP contribution >= 0.6 is 0 Å². The van der Waals surface area contributed by atoms with Crippen LogP contribution in [0.3, 0.4) is 0 Å². The molecule has 0 unspecified atom stereocenters. The van der Waals surface area contributed by atoms with Crippen LogP contribution in [0.2, 0.25) is 0 Å². The molecule has 1 aromatic rings. The average Bonchev–Trinajstić information content (AvgIpc) is 2.02. The van der Waals surface area contributed by atoms with Crippen LogP contribution in [-0.4, -0.2) is 14.2 Å². The third-order valence-corrected chi connectivity index (χ3v) is 3.71. The summed E-state index contributed by atoms with van der Waals surface area (Å²) in [5.74, 6) is -0.827. The molecule has 2 N–H and O–H groups in total. The Morgan fingerprint density at radius 2 is 2.07 bits per heavy atom. The summed E-state index contributed by atoms with van der Waals surface area (Å²) in [4.78, 5) is -0.270. The Morgan fingerprint density at radius 1 is 1.43 bits per heavy atom. The minimum Gasteiger partial charge on any atom is -0.399 e. The third kappa shape index (κ3) is 2.23. The fraction of sp³-hybridized carbons (Fsp3) is 0.333. The second kappa shape index (κ2) is 3.96. The Bertz CT molecular complexity index is 428. The Balaban J connectivity index is 3.20. The summed E-state index contributed by atoms with van der Waals surface area (Å²) < 4.78 is 36.2. The molecular weight excluding hydrogens is 205 g/mol. The zero-order chi connectivity index (χ0) is 10.8. The molecule has 78 valence electrons. The van der Waals surface area contributed by atoms with Crippen LogP contribution in [0.25, 0.3) is 0 Å². The van der Waals surface area contributed by atoms with Crippen LogP contribution < -0.4 is 5.73 Å². The van der Waals surface area contributed by atoms with E-state index in [9.17, 15) is 12.8 Å². The molecule has 1 rings (SSSR count). The van der Waals surface area contributed by atoms with E-state index in [-0.39, 0.29) is 16.3 Å². The van der Waals surface area contributed by atoms with E-state index < -0.39 is 15.7 Å². The van der Waals surface area contributed by atoms with E-state index in [1.807, 2.05) is 0 Å². The number of hydrogen-bond donors (Lipinski definition) is 1. The number of benzene rings is 1. The summed E-state index contributed by atoms with van der Waals surface area (Å²) >= 11 is 0. The highest BCUT2D eigenvalue weighted by atomic mass is 32.2. The van der Waals surface area contributed by atoms with E-state index in [4.69, 9.17) is 5.73 Å². The van der Waals surface area contributed by atoms with Gasteiger partial charge >= 0.3 is 0 Å². The molecule has 0 saturated heterocycles. The van der Waals surface area contributed by atoms with Crippen molar-refractivity contribution in [2.24, 2.45) is 0 Å². The van der Waals surface area contributed by atoms with Crippen molar-refractivity contribution in [3.8, 4) is 0 Å². The highest BCUT2D eigenvalue weighted by Crippen LogP contribution is 2.18. The molecule has 5 heteroatoms. The van der Waals surface area contributed by atoms with E-state index in [0.29, 0.717) is 6.42 Å². The van der Waals surface area contributed by atoms with Crippen LogP contribution in [0, 0.1) is 5.82 Å². The second-order valence-electron chi connectivity index (χ2n) is 3.01. The molecule has 0 fully saturated rings. The molecular formula is C9H12FNO2S. The number of rotatable bonds is 3. The lowest BCUT2D eigenvalue weighted by Gasteiger charge is -2.04. The predicted octanol–water partition coefficient (Wildman–Crippen LogP) is 1.59. The molecule has 0 bridgehead atoms. The largest absolute Gasteiger partial charge is 0.399 e. The topological polar surface area (TPSA) is 60.2 Å². The molecule has 0 atom stereocenters. The molecule has 0 amide bonds. The first-order chi connectivity index (χ1) is 6.47. The molecule has 0 aliphatic carbocycles. The van der Waals surface area contributed by atoms with E-state index in [1.165, 1.54) is 12.1 Å². The Morgan fingerprint density at radius 3 is 2.57 bits per heavy atom. The summed E-state index contributed by atoms with van der Waals surface area (Å²) in [5.41, 5.74) is 5.53. The van der Waals surface area contributed by atoms with E-state index in [0.717, 1.165) is 6.07 Å². The number of hydrogen-bond acceptors (Lipinski definition) is 3. The van der Waals surface area contributed by atoms with Crippen LogP contribution in [0.4, 0.5) is 10.1 Å². The summed E-state index contributed by atoms with van der Waals surface area (Å²) in [6.07, 6.45) is 0.464. The van der Waals surface area contributed by atoms with Crippen molar-refractivity contribution in [3.63, 3.8) is 0 Å². The first-order valence-electron chi connectivity index (χ1n) is 4.25. The number of halogens is 1. The molecule has 0 saturated carbocycles. The Labute approximate surface area is 82.7 Å². The molecule has 0 aliphatic rings. The van der Waals surface area contributed by atoms with Gasteiger partial charge in [0.2, 0.25) is 0 Å². The van der Waals surface area contributed by atoms with Gasteiger partial charge in [-0.3, -0.25) is 0 Å². The minimum absolute atomic E-state index is 0.0478. The number of nitrogen functional groups attached to an aromatic ring is 1. The molecule has 1 aromatic carbocycles. The van der Waals surface area contributed by atoms with Crippen molar-refractivity contribution in [3.05, 3.63) is 24.0 Å². The van der Waals surface area contributed by atoms with Gasteiger partial charge in [-0.25, -0.2) is 12.8 Å². The van der Waals surface area contributed by atoms with Gasteiger partial charge < -0.3 is 5.73 Å². The van der Waals surface area contributed by atoms with Gasteiger partial charge in [-0.05, 0) is 24.6 Å². The van der Waals surface area contributed by atoms with Crippen LogP contribution in [-0.2, 0) is 9.84 Å². The fourth-order valence-electron chi connectivity index (χ4n) is 1.15. The minimum atomic E-state index is -3.49. The maximum Gasteiger partial charge on any atom is 0.181 e. The zero-order valence-electron chi connectivity index (χ0n) is 7.83. The normalized spacial score (nSPS) is 11.6. The van der Waals surface area contributed by atoms with Crippen molar-refractivity contribution in [2.45, 2.75) is 18.2 Å². The summed E-state index contributed by atoms with van der Waals surface area (Å²) in [6.45, 7) is 1.73. The predicted molar refractivity (Wildman–Crippen MR) is 53.2 cm³/mol. The second-order valence-corrected chi connectivity index (χ2v) is 5.09. The van der Waals surface area contributed by atoms with Crippen LogP contribution in [0.15, 0.2) is 23.1 Å². The number of anilines is 1. The Hall–Kier alpha value is -1.10. The van der Waals surface area contributed by atoms with Crippen LogP contribution in [0.5, 0.6) is 0 Å². The highest BCUT2D eigenvalue weighted by Gasteiger charge is 2.17. The summed E-state index contributed by atoms with van der Waals surface area (Å²) in [5, 5.41) is 0. The quantitative estimate of drug-likeness (QED) is 0.782. The van der Waals surface area contributed by atoms with Gasteiger partial charge in [0.05, 0.1) is 5.75 Å².